The minimum absolute atomic E-state index is 0.0228. The Bertz CT molecular complexity index is 1340. The van der Waals surface area contributed by atoms with E-state index in [1.54, 1.807) is 29.2 Å². The molecule has 0 radical (unpaired) electrons. The fraction of sp³-hybridized carbons (Fsp3) is 0.360. The van der Waals surface area contributed by atoms with Gasteiger partial charge in [0, 0.05) is 17.2 Å². The Hall–Kier alpha value is -3.13. The molecule has 0 bridgehead atoms. The van der Waals surface area contributed by atoms with Gasteiger partial charge in [0.25, 0.3) is 5.91 Å². The molecule has 2 atom stereocenters. The maximum absolute atomic E-state index is 13.5. The lowest BCUT2D eigenvalue weighted by atomic mass is 9.85. The van der Waals surface area contributed by atoms with Crippen molar-refractivity contribution >= 4 is 15.7 Å². The Labute approximate surface area is 193 Å². The van der Waals surface area contributed by atoms with Crippen LogP contribution in [0.3, 0.4) is 0 Å². The molecule has 0 aliphatic carbocycles. The molecule has 3 aromatic rings. The average Bonchev–Trinajstić information content (AvgIpc) is 3.41. The van der Waals surface area contributed by atoms with Crippen molar-refractivity contribution in [3.63, 3.8) is 0 Å². The molecule has 1 amide bonds. The SMILES string of the molecule is CC(C)(C)c1ccc(C2c3c(-c4ccccc4O)n[nH]c3C(=O)N2C2CCS(=O)(=O)C2)cc1. The van der Waals surface area contributed by atoms with Gasteiger partial charge in [-0.25, -0.2) is 8.42 Å². The molecule has 1 fully saturated rings. The molecule has 1 saturated heterocycles. The monoisotopic (exact) mass is 465 g/mol. The second-order valence-corrected chi connectivity index (χ2v) is 12.2. The van der Waals surface area contributed by atoms with E-state index in [4.69, 9.17) is 0 Å². The molecule has 0 spiro atoms. The fourth-order valence-corrected chi connectivity index (χ4v) is 6.62. The molecular weight excluding hydrogens is 438 g/mol. The maximum atomic E-state index is 13.5. The first-order valence-corrected chi connectivity index (χ1v) is 12.9. The minimum Gasteiger partial charge on any atom is -0.507 e. The van der Waals surface area contributed by atoms with Gasteiger partial charge >= 0.3 is 0 Å². The number of sulfone groups is 1. The van der Waals surface area contributed by atoms with E-state index in [1.807, 2.05) is 12.1 Å². The molecule has 7 nitrogen and oxygen atoms in total. The van der Waals surface area contributed by atoms with Crippen molar-refractivity contribution in [3.8, 4) is 17.0 Å². The number of amides is 1. The maximum Gasteiger partial charge on any atom is 0.273 e. The van der Waals surface area contributed by atoms with Crippen molar-refractivity contribution in [2.75, 3.05) is 11.5 Å². The molecule has 172 valence electrons. The highest BCUT2D eigenvalue weighted by Crippen LogP contribution is 2.46. The van der Waals surface area contributed by atoms with Crippen molar-refractivity contribution in [1.82, 2.24) is 15.1 Å². The number of H-pyrrole nitrogens is 1. The van der Waals surface area contributed by atoms with Crippen LogP contribution in [0.25, 0.3) is 11.3 Å². The van der Waals surface area contributed by atoms with Gasteiger partial charge in [0.1, 0.15) is 17.1 Å². The summed E-state index contributed by atoms with van der Waals surface area (Å²) in [6.45, 7) is 6.42. The average molecular weight is 466 g/mol. The zero-order chi connectivity index (χ0) is 23.5. The van der Waals surface area contributed by atoms with Gasteiger partial charge in [-0.3, -0.25) is 9.89 Å². The van der Waals surface area contributed by atoms with Crippen LogP contribution in [-0.4, -0.2) is 52.1 Å². The lowest BCUT2D eigenvalue weighted by molar-refractivity contribution is 0.0677. The van der Waals surface area contributed by atoms with Crippen LogP contribution in [0, 0.1) is 0 Å². The third kappa shape index (κ3) is 3.62. The lowest BCUT2D eigenvalue weighted by Gasteiger charge is -2.31. The Morgan fingerprint density at radius 3 is 2.39 bits per heavy atom. The number of aromatic nitrogens is 2. The third-order valence-electron chi connectivity index (χ3n) is 6.66. The summed E-state index contributed by atoms with van der Waals surface area (Å²) >= 11 is 0. The van der Waals surface area contributed by atoms with Gasteiger partial charge in [-0.05, 0) is 35.1 Å². The van der Waals surface area contributed by atoms with Crippen molar-refractivity contribution in [1.29, 1.82) is 0 Å². The van der Waals surface area contributed by atoms with E-state index in [-0.39, 0.29) is 28.6 Å². The Morgan fingerprint density at radius 2 is 1.79 bits per heavy atom. The van der Waals surface area contributed by atoms with Gasteiger partial charge < -0.3 is 10.0 Å². The molecule has 2 unspecified atom stereocenters. The first kappa shape index (κ1) is 21.7. The Kier molecular flexibility index (Phi) is 4.90. The first-order valence-electron chi connectivity index (χ1n) is 11.1. The van der Waals surface area contributed by atoms with Gasteiger partial charge in [-0.2, -0.15) is 5.10 Å². The van der Waals surface area contributed by atoms with E-state index >= 15 is 0 Å². The molecule has 2 aliphatic rings. The fourth-order valence-electron chi connectivity index (χ4n) is 4.91. The number of nitrogens with one attached hydrogen (secondary N) is 1. The Morgan fingerprint density at radius 1 is 1.09 bits per heavy atom. The van der Waals surface area contributed by atoms with Gasteiger partial charge in [-0.15, -0.1) is 0 Å². The molecule has 2 N–H and O–H groups in total. The quantitative estimate of drug-likeness (QED) is 0.612. The number of hydrogen-bond donors (Lipinski definition) is 2. The number of phenols is 1. The summed E-state index contributed by atoms with van der Waals surface area (Å²) in [6.07, 6.45) is 0.411. The van der Waals surface area contributed by atoms with Crippen LogP contribution < -0.4 is 0 Å². The van der Waals surface area contributed by atoms with Crippen LogP contribution in [0.1, 0.15) is 60.4 Å². The number of phenolic OH excluding ortho intramolecular Hbond substituents is 1. The number of benzene rings is 2. The summed E-state index contributed by atoms with van der Waals surface area (Å²) in [4.78, 5) is 15.2. The predicted molar refractivity (Wildman–Crippen MR) is 126 cm³/mol. The first-order chi connectivity index (χ1) is 15.6. The number of nitrogens with zero attached hydrogens (tertiary/aromatic N) is 2. The summed E-state index contributed by atoms with van der Waals surface area (Å²) in [5.41, 5.74) is 4.09. The lowest BCUT2D eigenvalue weighted by Crippen LogP contribution is -2.40. The van der Waals surface area contributed by atoms with Gasteiger partial charge in [-0.1, -0.05) is 57.2 Å². The molecule has 3 heterocycles. The standard InChI is InChI=1S/C25H27N3O4S/c1-25(2,3)16-10-8-15(9-11-16)23-20-21(18-6-4-5-7-19(18)29)26-27-22(20)24(30)28(23)17-12-13-33(31,32)14-17/h4-11,17,23,29H,12-14H2,1-3H3,(H,26,27). The van der Waals surface area contributed by atoms with Crippen LogP contribution in [0.2, 0.25) is 0 Å². The zero-order valence-corrected chi connectivity index (χ0v) is 19.7. The number of fused-ring (bicyclic) bond motifs is 1. The van der Waals surface area contributed by atoms with Crippen LogP contribution in [-0.2, 0) is 15.3 Å². The number of carbonyl (C=O) groups excluding carboxylic acids is 1. The summed E-state index contributed by atoms with van der Waals surface area (Å²) in [5, 5.41) is 17.7. The zero-order valence-electron chi connectivity index (χ0n) is 18.9. The van der Waals surface area contributed by atoms with Crippen molar-refractivity contribution in [2.45, 2.75) is 44.7 Å². The highest BCUT2D eigenvalue weighted by atomic mass is 32.2. The molecular formula is C25H27N3O4S. The van der Waals surface area contributed by atoms with Crippen molar-refractivity contribution < 1.29 is 18.3 Å². The summed E-state index contributed by atoms with van der Waals surface area (Å²) in [7, 11) is -3.19. The summed E-state index contributed by atoms with van der Waals surface area (Å²) in [5.74, 6) is -0.150. The third-order valence-corrected chi connectivity index (χ3v) is 8.41. The molecule has 0 saturated carbocycles. The number of aromatic amines is 1. The van der Waals surface area contributed by atoms with Gasteiger partial charge in [0.15, 0.2) is 9.84 Å². The van der Waals surface area contributed by atoms with E-state index in [0.717, 1.165) is 5.56 Å². The van der Waals surface area contributed by atoms with E-state index < -0.39 is 21.9 Å². The topological polar surface area (TPSA) is 103 Å². The molecule has 5 rings (SSSR count). The van der Waals surface area contributed by atoms with Gasteiger partial charge in [0.2, 0.25) is 0 Å². The molecule has 33 heavy (non-hydrogen) atoms. The number of para-hydroxylation sites is 1. The highest BCUT2D eigenvalue weighted by Gasteiger charge is 2.48. The number of hydrogen-bond acceptors (Lipinski definition) is 5. The number of aromatic hydroxyl groups is 1. The van der Waals surface area contributed by atoms with Crippen LogP contribution in [0.15, 0.2) is 48.5 Å². The smallest absolute Gasteiger partial charge is 0.273 e. The summed E-state index contributed by atoms with van der Waals surface area (Å²) < 4.78 is 24.5. The normalized spacial score (nSPS) is 22.0. The van der Waals surface area contributed by atoms with Crippen molar-refractivity contribution in [2.24, 2.45) is 0 Å². The van der Waals surface area contributed by atoms with E-state index in [0.29, 0.717) is 28.9 Å². The predicted octanol–water partition coefficient (Wildman–Crippen LogP) is 3.81. The summed E-state index contributed by atoms with van der Waals surface area (Å²) in [6, 6.07) is 14.1. The van der Waals surface area contributed by atoms with E-state index in [1.165, 1.54) is 5.56 Å². The Balaban J connectivity index is 1.67. The second kappa shape index (κ2) is 7.45. The van der Waals surface area contributed by atoms with Crippen LogP contribution >= 0.6 is 0 Å². The van der Waals surface area contributed by atoms with E-state index in [2.05, 4.69) is 43.1 Å². The minimum atomic E-state index is -3.19. The number of rotatable bonds is 3. The largest absolute Gasteiger partial charge is 0.507 e. The van der Waals surface area contributed by atoms with Crippen LogP contribution in [0.4, 0.5) is 0 Å². The second-order valence-electron chi connectivity index (χ2n) is 9.92. The molecule has 1 aromatic heterocycles. The van der Waals surface area contributed by atoms with E-state index in [9.17, 15) is 18.3 Å². The van der Waals surface area contributed by atoms with Gasteiger partial charge in [0.05, 0.1) is 17.5 Å². The molecule has 2 aromatic carbocycles. The molecule has 8 heteroatoms. The van der Waals surface area contributed by atoms with Crippen LogP contribution in [0.5, 0.6) is 5.75 Å². The number of carbonyl (C=O) groups is 1. The highest BCUT2D eigenvalue weighted by molar-refractivity contribution is 7.91. The van der Waals surface area contributed by atoms with Crippen molar-refractivity contribution in [3.05, 3.63) is 70.9 Å². The molecule has 2 aliphatic heterocycles.